The summed E-state index contributed by atoms with van der Waals surface area (Å²) >= 11 is 0. The third kappa shape index (κ3) is 5.00. The summed E-state index contributed by atoms with van der Waals surface area (Å²) in [6.07, 6.45) is 1.14. The first kappa shape index (κ1) is 19.2. The number of amides is 1. The van der Waals surface area contributed by atoms with Crippen molar-refractivity contribution in [2.75, 3.05) is 30.0 Å². The molecule has 1 amide bonds. The maximum Gasteiger partial charge on any atom is 0.271 e. The maximum atomic E-state index is 12.9. The molecule has 2 aromatic rings. The van der Waals surface area contributed by atoms with Crippen LogP contribution in [0.3, 0.4) is 0 Å². The van der Waals surface area contributed by atoms with Crippen LogP contribution in [0.15, 0.2) is 36.4 Å². The van der Waals surface area contributed by atoms with Gasteiger partial charge in [0.25, 0.3) is 5.91 Å². The molecule has 1 aromatic carbocycles. The molecule has 3 rings (SSSR count). The molecule has 144 valence electrons. The fourth-order valence-electron chi connectivity index (χ4n) is 2.96. The van der Waals surface area contributed by atoms with Crippen molar-refractivity contribution >= 4 is 21.6 Å². The van der Waals surface area contributed by atoms with Crippen molar-refractivity contribution in [3.05, 3.63) is 53.5 Å². The lowest BCUT2D eigenvalue weighted by Crippen LogP contribution is -2.33. The van der Waals surface area contributed by atoms with Crippen LogP contribution in [0.4, 0.5) is 10.2 Å². The second-order valence-electron chi connectivity index (χ2n) is 6.58. The summed E-state index contributed by atoms with van der Waals surface area (Å²) in [4.78, 5) is 13.9. The van der Waals surface area contributed by atoms with Crippen molar-refractivity contribution < 1.29 is 17.6 Å². The van der Waals surface area contributed by atoms with Crippen LogP contribution in [-0.2, 0) is 16.3 Å². The molecule has 7 nitrogen and oxygen atoms in total. The van der Waals surface area contributed by atoms with Gasteiger partial charge in [0.15, 0.2) is 21.3 Å². The predicted molar refractivity (Wildman–Crippen MR) is 99.9 cm³/mol. The van der Waals surface area contributed by atoms with E-state index in [0.29, 0.717) is 25.2 Å². The smallest absolute Gasteiger partial charge is 0.271 e. The first-order chi connectivity index (χ1) is 12.8. The van der Waals surface area contributed by atoms with Crippen molar-refractivity contribution in [1.82, 2.24) is 15.5 Å². The highest BCUT2D eigenvalue weighted by atomic mass is 32.2. The van der Waals surface area contributed by atoms with Gasteiger partial charge >= 0.3 is 0 Å². The van der Waals surface area contributed by atoms with E-state index in [0.717, 1.165) is 5.56 Å². The Morgan fingerprint density at radius 1 is 1.22 bits per heavy atom. The standard InChI is InChI=1S/C18H21FN4O3S/c1-23(15-9-11-27(25,26)12-15)17-7-6-16(21-22-17)18(24)20-10-8-13-2-4-14(19)5-3-13/h2-7,15H,8-12H2,1H3,(H,20,24). The summed E-state index contributed by atoms with van der Waals surface area (Å²) in [6, 6.07) is 9.22. The molecule has 1 saturated heterocycles. The van der Waals surface area contributed by atoms with E-state index < -0.39 is 9.84 Å². The first-order valence-corrected chi connectivity index (χ1v) is 10.5. The Bertz CT molecular complexity index is 901. The molecule has 1 fully saturated rings. The minimum absolute atomic E-state index is 0.108. The third-order valence-corrected chi connectivity index (χ3v) is 6.36. The van der Waals surface area contributed by atoms with Crippen molar-refractivity contribution in [3.63, 3.8) is 0 Å². The van der Waals surface area contributed by atoms with Crippen LogP contribution in [0.2, 0.25) is 0 Å². The fraction of sp³-hybridized carbons (Fsp3) is 0.389. The van der Waals surface area contributed by atoms with Crippen molar-refractivity contribution in [2.45, 2.75) is 18.9 Å². The molecule has 1 N–H and O–H groups in total. The normalized spacial score (nSPS) is 18.2. The molecular formula is C18H21FN4O3S. The molecular weight excluding hydrogens is 371 g/mol. The summed E-state index contributed by atoms with van der Waals surface area (Å²) in [5.74, 6) is 0.182. The van der Waals surface area contributed by atoms with Crippen molar-refractivity contribution in [2.24, 2.45) is 0 Å². The predicted octanol–water partition coefficient (Wildman–Crippen LogP) is 1.21. The zero-order valence-corrected chi connectivity index (χ0v) is 15.7. The van der Waals surface area contributed by atoms with Gasteiger partial charge in [-0.05, 0) is 42.7 Å². The van der Waals surface area contributed by atoms with E-state index in [1.165, 1.54) is 12.1 Å². The summed E-state index contributed by atoms with van der Waals surface area (Å²) in [7, 11) is -1.20. The highest BCUT2D eigenvalue weighted by Crippen LogP contribution is 2.20. The molecule has 0 radical (unpaired) electrons. The van der Waals surface area contributed by atoms with Gasteiger partial charge < -0.3 is 10.2 Å². The Kier molecular flexibility index (Phi) is 5.69. The van der Waals surface area contributed by atoms with Gasteiger partial charge in [0.2, 0.25) is 0 Å². The Morgan fingerprint density at radius 3 is 2.56 bits per heavy atom. The number of rotatable bonds is 6. The lowest BCUT2D eigenvalue weighted by molar-refractivity contribution is 0.0948. The van der Waals surface area contributed by atoms with Gasteiger partial charge in [0, 0.05) is 19.6 Å². The summed E-state index contributed by atoms with van der Waals surface area (Å²) in [5, 5.41) is 10.7. The second kappa shape index (κ2) is 7.99. The topological polar surface area (TPSA) is 92.3 Å². The molecule has 0 bridgehead atoms. The number of hydrogen-bond acceptors (Lipinski definition) is 6. The monoisotopic (exact) mass is 392 g/mol. The van der Waals surface area contributed by atoms with Gasteiger partial charge in [-0.1, -0.05) is 12.1 Å². The van der Waals surface area contributed by atoms with Gasteiger partial charge in [0.05, 0.1) is 11.5 Å². The Hall–Kier alpha value is -2.55. The number of anilines is 1. The minimum atomic E-state index is -2.98. The Labute approximate surface area is 157 Å². The van der Waals surface area contributed by atoms with E-state index in [-0.39, 0.29) is 35.0 Å². The van der Waals surface area contributed by atoms with Gasteiger partial charge in [-0.25, -0.2) is 12.8 Å². The second-order valence-corrected chi connectivity index (χ2v) is 8.81. The molecule has 0 spiro atoms. The molecule has 1 atom stereocenters. The number of hydrogen-bond donors (Lipinski definition) is 1. The summed E-state index contributed by atoms with van der Waals surface area (Å²) < 4.78 is 36.1. The molecule has 1 unspecified atom stereocenters. The van der Waals surface area contributed by atoms with Crippen LogP contribution in [-0.4, -0.2) is 55.7 Å². The van der Waals surface area contributed by atoms with Crippen molar-refractivity contribution in [3.8, 4) is 0 Å². The van der Waals surface area contributed by atoms with E-state index >= 15 is 0 Å². The van der Waals surface area contributed by atoms with Gasteiger partial charge in [0.1, 0.15) is 5.82 Å². The van der Waals surface area contributed by atoms with E-state index in [1.807, 2.05) is 0 Å². The van der Waals surface area contributed by atoms with E-state index in [9.17, 15) is 17.6 Å². The molecule has 0 saturated carbocycles. The molecule has 2 heterocycles. The highest BCUT2D eigenvalue weighted by Gasteiger charge is 2.31. The van der Waals surface area contributed by atoms with Gasteiger partial charge in [-0.2, -0.15) is 0 Å². The number of nitrogens with zero attached hydrogens (tertiary/aromatic N) is 3. The average molecular weight is 392 g/mol. The molecule has 9 heteroatoms. The summed E-state index contributed by atoms with van der Waals surface area (Å²) in [5.41, 5.74) is 1.11. The van der Waals surface area contributed by atoms with Crippen LogP contribution in [0.5, 0.6) is 0 Å². The molecule has 1 aliphatic rings. The quantitative estimate of drug-likeness (QED) is 0.795. The first-order valence-electron chi connectivity index (χ1n) is 8.64. The fourth-order valence-corrected chi connectivity index (χ4v) is 4.74. The number of benzene rings is 1. The molecule has 0 aliphatic carbocycles. The zero-order valence-electron chi connectivity index (χ0n) is 14.9. The summed E-state index contributed by atoms with van der Waals surface area (Å²) in [6.45, 7) is 0.397. The lowest BCUT2D eigenvalue weighted by atomic mass is 10.1. The van der Waals surface area contributed by atoms with Crippen LogP contribution < -0.4 is 10.2 Å². The highest BCUT2D eigenvalue weighted by molar-refractivity contribution is 7.91. The molecule has 1 aliphatic heterocycles. The number of carbonyl (C=O) groups is 1. The number of carbonyl (C=O) groups excluding carboxylic acids is 1. The SMILES string of the molecule is CN(c1ccc(C(=O)NCCc2ccc(F)cc2)nn1)C1CCS(=O)(=O)C1. The maximum absolute atomic E-state index is 12.9. The van der Waals surface area contributed by atoms with Crippen molar-refractivity contribution in [1.29, 1.82) is 0 Å². The van der Waals surface area contributed by atoms with Gasteiger partial charge in [-0.3, -0.25) is 4.79 Å². The minimum Gasteiger partial charge on any atom is -0.354 e. The van der Waals surface area contributed by atoms with E-state index in [2.05, 4.69) is 15.5 Å². The average Bonchev–Trinajstić information content (AvgIpc) is 3.02. The van der Waals surface area contributed by atoms with E-state index in [4.69, 9.17) is 0 Å². The van der Waals surface area contributed by atoms with Crippen LogP contribution in [0.25, 0.3) is 0 Å². The van der Waals surface area contributed by atoms with E-state index in [1.54, 1.807) is 36.2 Å². The molecule has 1 aromatic heterocycles. The van der Waals surface area contributed by atoms with Crippen LogP contribution in [0.1, 0.15) is 22.5 Å². The Morgan fingerprint density at radius 2 is 1.96 bits per heavy atom. The van der Waals surface area contributed by atoms with Crippen LogP contribution in [0, 0.1) is 5.82 Å². The zero-order chi connectivity index (χ0) is 19.4. The number of sulfone groups is 1. The van der Waals surface area contributed by atoms with Gasteiger partial charge in [-0.15, -0.1) is 10.2 Å². The lowest BCUT2D eigenvalue weighted by Gasteiger charge is -2.23. The number of halogens is 1. The number of nitrogens with one attached hydrogen (secondary N) is 1. The Balaban J connectivity index is 1.53. The largest absolute Gasteiger partial charge is 0.354 e. The number of aromatic nitrogens is 2. The third-order valence-electron chi connectivity index (χ3n) is 4.61. The van der Waals surface area contributed by atoms with Crippen LogP contribution >= 0.6 is 0 Å². The molecule has 27 heavy (non-hydrogen) atoms.